The maximum atomic E-state index is 13.0. The minimum absolute atomic E-state index is 0.0567. The van der Waals surface area contributed by atoms with Crippen LogP contribution in [0.25, 0.3) is 0 Å². The Balaban J connectivity index is 2.87. The molecule has 0 unspecified atom stereocenters. The number of hydrogen-bond donors (Lipinski definition) is 2. The number of halogens is 1. The normalized spacial score (nSPS) is 12.4. The summed E-state index contributed by atoms with van der Waals surface area (Å²) >= 11 is 4.84. The van der Waals surface area contributed by atoms with E-state index in [9.17, 15) is 12.8 Å². The van der Waals surface area contributed by atoms with Crippen LogP contribution < -0.4 is 10.5 Å². The fourth-order valence-electron chi connectivity index (χ4n) is 1.08. The van der Waals surface area contributed by atoms with E-state index >= 15 is 0 Å². The van der Waals surface area contributed by atoms with Gasteiger partial charge in [0.25, 0.3) is 0 Å². The molecule has 1 rings (SSSR count). The first-order valence-corrected chi connectivity index (χ1v) is 7.09. The molecule has 100 valence electrons. The lowest BCUT2D eigenvalue weighted by molar-refractivity contribution is 0.501. The SMILES string of the molecule is CC(C)(CNS(=O)(=O)c1cccc(F)c1)C(N)=S. The van der Waals surface area contributed by atoms with Crippen LogP contribution in [0.1, 0.15) is 13.8 Å². The molecule has 0 spiro atoms. The Morgan fingerprint density at radius 1 is 1.50 bits per heavy atom. The van der Waals surface area contributed by atoms with Crippen LogP contribution in [0.3, 0.4) is 0 Å². The van der Waals surface area contributed by atoms with Crippen molar-refractivity contribution in [3.05, 3.63) is 30.1 Å². The van der Waals surface area contributed by atoms with Gasteiger partial charge >= 0.3 is 0 Å². The molecule has 4 nitrogen and oxygen atoms in total. The van der Waals surface area contributed by atoms with E-state index in [0.717, 1.165) is 6.07 Å². The first-order chi connectivity index (χ1) is 8.15. The molecule has 0 saturated carbocycles. The molecule has 0 fully saturated rings. The molecule has 0 aliphatic rings. The van der Waals surface area contributed by atoms with Gasteiger partial charge in [-0.3, -0.25) is 0 Å². The Labute approximate surface area is 111 Å². The van der Waals surface area contributed by atoms with Crippen molar-refractivity contribution in [1.29, 1.82) is 0 Å². The molecule has 1 aromatic carbocycles. The smallest absolute Gasteiger partial charge is 0.240 e. The topological polar surface area (TPSA) is 72.2 Å². The van der Waals surface area contributed by atoms with Gasteiger partial charge in [0.15, 0.2) is 0 Å². The van der Waals surface area contributed by atoms with E-state index in [1.807, 2.05) is 0 Å². The van der Waals surface area contributed by atoms with Gasteiger partial charge in [0, 0.05) is 12.0 Å². The first kappa shape index (κ1) is 15.0. The molecule has 0 bridgehead atoms. The van der Waals surface area contributed by atoms with Gasteiger partial charge in [-0.15, -0.1) is 0 Å². The summed E-state index contributed by atoms with van der Waals surface area (Å²) in [5, 5.41) is 0. The summed E-state index contributed by atoms with van der Waals surface area (Å²) in [5.41, 5.74) is 4.86. The number of sulfonamides is 1. The van der Waals surface area contributed by atoms with Crippen LogP contribution in [0.2, 0.25) is 0 Å². The zero-order chi connectivity index (χ0) is 14.0. The molecule has 18 heavy (non-hydrogen) atoms. The Bertz CT molecular complexity index is 556. The van der Waals surface area contributed by atoms with E-state index in [1.165, 1.54) is 18.2 Å². The fraction of sp³-hybridized carbons (Fsp3) is 0.364. The van der Waals surface area contributed by atoms with Crippen LogP contribution in [-0.2, 0) is 10.0 Å². The van der Waals surface area contributed by atoms with Gasteiger partial charge in [-0.05, 0) is 18.2 Å². The van der Waals surface area contributed by atoms with E-state index in [-0.39, 0.29) is 16.4 Å². The highest BCUT2D eigenvalue weighted by Gasteiger charge is 2.25. The maximum absolute atomic E-state index is 13.0. The Morgan fingerprint density at radius 2 is 2.11 bits per heavy atom. The van der Waals surface area contributed by atoms with Crippen molar-refractivity contribution in [2.24, 2.45) is 11.1 Å². The number of hydrogen-bond acceptors (Lipinski definition) is 3. The second kappa shape index (κ2) is 5.29. The largest absolute Gasteiger partial charge is 0.393 e. The number of nitrogens with two attached hydrogens (primary N) is 1. The number of nitrogens with one attached hydrogen (secondary N) is 1. The molecule has 1 aromatic rings. The summed E-state index contributed by atoms with van der Waals surface area (Å²) in [6.45, 7) is 3.51. The molecule has 7 heteroatoms. The van der Waals surface area contributed by atoms with E-state index in [0.29, 0.717) is 0 Å². The molecular formula is C11H15FN2O2S2. The Kier molecular flexibility index (Phi) is 4.41. The van der Waals surface area contributed by atoms with Crippen molar-refractivity contribution in [3.63, 3.8) is 0 Å². The fourth-order valence-corrected chi connectivity index (χ4v) is 2.40. The maximum Gasteiger partial charge on any atom is 0.240 e. The summed E-state index contributed by atoms with van der Waals surface area (Å²) in [4.78, 5) is 0.0886. The third-order valence-electron chi connectivity index (χ3n) is 2.48. The van der Waals surface area contributed by atoms with Crippen molar-refractivity contribution < 1.29 is 12.8 Å². The monoisotopic (exact) mass is 290 g/mol. The molecule has 0 amide bonds. The number of benzene rings is 1. The highest BCUT2D eigenvalue weighted by atomic mass is 32.2. The molecule has 0 aromatic heterocycles. The van der Waals surface area contributed by atoms with Crippen LogP contribution in [0.4, 0.5) is 4.39 Å². The van der Waals surface area contributed by atoms with Crippen LogP contribution in [0, 0.1) is 11.2 Å². The van der Waals surface area contributed by atoms with Crippen LogP contribution >= 0.6 is 12.2 Å². The quantitative estimate of drug-likeness (QED) is 0.804. The van der Waals surface area contributed by atoms with Gasteiger partial charge in [-0.1, -0.05) is 32.1 Å². The highest BCUT2D eigenvalue weighted by molar-refractivity contribution is 7.89. The number of thiocarbonyl (C=S) groups is 1. The van der Waals surface area contributed by atoms with E-state index in [4.69, 9.17) is 18.0 Å². The van der Waals surface area contributed by atoms with Crippen LogP contribution in [0.15, 0.2) is 29.2 Å². The van der Waals surface area contributed by atoms with E-state index in [2.05, 4.69) is 4.72 Å². The molecule has 0 radical (unpaired) electrons. The Hall–Kier alpha value is -1.05. The average molecular weight is 290 g/mol. The lowest BCUT2D eigenvalue weighted by atomic mass is 9.94. The van der Waals surface area contributed by atoms with Crippen LogP contribution in [-0.4, -0.2) is 20.0 Å². The molecule has 0 saturated heterocycles. The first-order valence-electron chi connectivity index (χ1n) is 5.20. The van der Waals surface area contributed by atoms with Gasteiger partial charge in [0.2, 0.25) is 10.0 Å². The zero-order valence-corrected chi connectivity index (χ0v) is 11.7. The Morgan fingerprint density at radius 3 is 2.61 bits per heavy atom. The van der Waals surface area contributed by atoms with Gasteiger partial charge in [0.1, 0.15) is 5.82 Å². The average Bonchev–Trinajstić information content (AvgIpc) is 2.26. The number of rotatable bonds is 5. The van der Waals surface area contributed by atoms with Gasteiger partial charge in [-0.25, -0.2) is 17.5 Å². The van der Waals surface area contributed by atoms with Crippen molar-refractivity contribution in [3.8, 4) is 0 Å². The van der Waals surface area contributed by atoms with Crippen molar-refractivity contribution in [1.82, 2.24) is 4.72 Å². The standard InChI is InChI=1S/C11H15FN2O2S2/c1-11(2,10(13)17)7-14-18(15,16)9-5-3-4-8(12)6-9/h3-6,14H,7H2,1-2H3,(H2,13,17). The lowest BCUT2D eigenvalue weighted by Gasteiger charge is -2.23. The molecule has 3 N–H and O–H groups in total. The lowest BCUT2D eigenvalue weighted by Crippen LogP contribution is -2.41. The molecule has 0 heterocycles. The minimum Gasteiger partial charge on any atom is -0.393 e. The third kappa shape index (κ3) is 3.72. The van der Waals surface area contributed by atoms with Crippen LogP contribution in [0.5, 0.6) is 0 Å². The van der Waals surface area contributed by atoms with Crippen molar-refractivity contribution >= 4 is 27.2 Å². The summed E-state index contributed by atoms with van der Waals surface area (Å²) < 4.78 is 39.1. The predicted octanol–water partition coefficient (Wildman–Crippen LogP) is 1.42. The second-order valence-corrected chi connectivity index (χ2v) is 6.74. The zero-order valence-electron chi connectivity index (χ0n) is 10.1. The highest BCUT2D eigenvalue weighted by Crippen LogP contribution is 2.16. The van der Waals surface area contributed by atoms with Gasteiger partial charge in [0.05, 0.1) is 9.88 Å². The molecular weight excluding hydrogens is 275 g/mol. The van der Waals surface area contributed by atoms with E-state index in [1.54, 1.807) is 13.8 Å². The predicted molar refractivity (Wildman–Crippen MR) is 72.2 cm³/mol. The summed E-state index contributed by atoms with van der Waals surface area (Å²) in [7, 11) is -3.75. The van der Waals surface area contributed by atoms with Gasteiger partial charge in [-0.2, -0.15) is 0 Å². The summed E-state index contributed by atoms with van der Waals surface area (Å²) in [6.07, 6.45) is 0. The minimum atomic E-state index is -3.75. The molecule has 0 aliphatic carbocycles. The van der Waals surface area contributed by atoms with Crippen molar-refractivity contribution in [2.45, 2.75) is 18.7 Å². The molecule has 0 aliphatic heterocycles. The summed E-state index contributed by atoms with van der Waals surface area (Å²) in [6, 6.07) is 4.79. The summed E-state index contributed by atoms with van der Waals surface area (Å²) in [5.74, 6) is -0.605. The van der Waals surface area contributed by atoms with Gasteiger partial charge < -0.3 is 5.73 Å². The molecule has 0 atom stereocenters. The third-order valence-corrected chi connectivity index (χ3v) is 4.43. The van der Waals surface area contributed by atoms with E-state index < -0.39 is 21.3 Å². The van der Waals surface area contributed by atoms with Crippen molar-refractivity contribution in [2.75, 3.05) is 6.54 Å². The second-order valence-electron chi connectivity index (χ2n) is 4.53.